The van der Waals surface area contributed by atoms with Crippen molar-refractivity contribution in [3.05, 3.63) is 52.1 Å². The number of ether oxygens (including phenoxy) is 1. The van der Waals surface area contributed by atoms with Gasteiger partial charge in [0, 0.05) is 12.3 Å². The van der Waals surface area contributed by atoms with Gasteiger partial charge in [0.25, 0.3) is 5.69 Å². The summed E-state index contributed by atoms with van der Waals surface area (Å²) in [7, 11) is 0. The quantitative estimate of drug-likeness (QED) is 0.286. The van der Waals surface area contributed by atoms with E-state index in [9.17, 15) is 14.5 Å². The van der Waals surface area contributed by atoms with Gasteiger partial charge in [-0.25, -0.2) is 9.37 Å². The van der Waals surface area contributed by atoms with Gasteiger partial charge in [-0.1, -0.05) is 5.16 Å². The summed E-state index contributed by atoms with van der Waals surface area (Å²) < 4.78 is 18.7. The van der Waals surface area contributed by atoms with Gasteiger partial charge >= 0.3 is 6.01 Å². The minimum absolute atomic E-state index is 0.0739. The molecule has 0 amide bonds. The molecule has 2 rings (SSSR count). The van der Waals surface area contributed by atoms with E-state index in [4.69, 9.17) is 15.7 Å². The molecule has 108 valence electrons. The van der Waals surface area contributed by atoms with Crippen LogP contribution in [0.15, 0.2) is 35.6 Å². The van der Waals surface area contributed by atoms with Gasteiger partial charge in [0.05, 0.1) is 11.0 Å². The van der Waals surface area contributed by atoms with Crippen molar-refractivity contribution in [3.8, 4) is 11.8 Å². The molecule has 0 bridgehead atoms. The molecule has 0 aliphatic carbocycles. The van der Waals surface area contributed by atoms with Crippen LogP contribution >= 0.6 is 0 Å². The number of nitrogens with two attached hydrogens (primary N) is 1. The highest BCUT2D eigenvalue weighted by Crippen LogP contribution is 2.25. The van der Waals surface area contributed by atoms with Crippen molar-refractivity contribution in [1.29, 1.82) is 0 Å². The molecular formula is C11H8FN5O4. The Morgan fingerprint density at radius 2 is 2.24 bits per heavy atom. The Balaban J connectivity index is 2.28. The van der Waals surface area contributed by atoms with E-state index < -0.39 is 16.4 Å². The van der Waals surface area contributed by atoms with E-state index in [1.54, 1.807) is 0 Å². The van der Waals surface area contributed by atoms with Crippen LogP contribution in [-0.2, 0) is 0 Å². The Kier molecular flexibility index (Phi) is 3.88. The van der Waals surface area contributed by atoms with Gasteiger partial charge in [0.15, 0.2) is 17.4 Å². The molecule has 0 spiro atoms. The van der Waals surface area contributed by atoms with Gasteiger partial charge in [0.1, 0.15) is 5.69 Å². The van der Waals surface area contributed by atoms with Crippen LogP contribution < -0.4 is 10.5 Å². The summed E-state index contributed by atoms with van der Waals surface area (Å²) in [5.41, 5.74) is 5.01. The van der Waals surface area contributed by atoms with Crippen LogP contribution in [0.4, 0.5) is 10.1 Å². The highest BCUT2D eigenvalue weighted by atomic mass is 19.1. The third-order valence-electron chi connectivity index (χ3n) is 2.33. The lowest BCUT2D eigenvalue weighted by Crippen LogP contribution is -2.15. The zero-order valence-corrected chi connectivity index (χ0v) is 10.3. The van der Waals surface area contributed by atoms with E-state index in [0.29, 0.717) is 6.07 Å². The molecule has 0 radical (unpaired) electrons. The van der Waals surface area contributed by atoms with Crippen LogP contribution in [0.2, 0.25) is 0 Å². The molecule has 9 nitrogen and oxygen atoms in total. The van der Waals surface area contributed by atoms with Gasteiger partial charge < -0.3 is 15.7 Å². The van der Waals surface area contributed by atoms with Crippen LogP contribution in [0.25, 0.3) is 0 Å². The summed E-state index contributed by atoms with van der Waals surface area (Å²) in [5, 5.41) is 21.8. The Labute approximate surface area is 116 Å². The Bertz CT molecular complexity index is 722. The first-order valence-electron chi connectivity index (χ1n) is 5.44. The maximum atomic E-state index is 13.6. The molecule has 21 heavy (non-hydrogen) atoms. The summed E-state index contributed by atoms with van der Waals surface area (Å²) in [6, 6.07) is 3.96. The first-order valence-corrected chi connectivity index (χ1v) is 5.44. The van der Waals surface area contributed by atoms with Gasteiger partial charge in [-0.05, 0) is 12.1 Å². The van der Waals surface area contributed by atoms with Crippen LogP contribution in [0.1, 0.15) is 5.69 Å². The van der Waals surface area contributed by atoms with E-state index in [1.807, 2.05) is 0 Å². The Morgan fingerprint density at radius 3 is 2.86 bits per heavy atom. The number of non-ortho nitro benzene ring substituents is 1. The fraction of sp³-hybridized carbons (Fsp3) is 0. The maximum Gasteiger partial charge on any atom is 0.322 e. The van der Waals surface area contributed by atoms with Crippen LogP contribution in [0, 0.1) is 15.9 Å². The van der Waals surface area contributed by atoms with Crippen molar-refractivity contribution in [2.24, 2.45) is 10.9 Å². The normalized spacial score (nSPS) is 11.2. The summed E-state index contributed by atoms with van der Waals surface area (Å²) >= 11 is 0. The minimum Gasteiger partial charge on any atom is -0.421 e. The van der Waals surface area contributed by atoms with Crippen molar-refractivity contribution < 1.29 is 19.3 Å². The number of rotatable bonds is 4. The molecule has 1 aromatic heterocycles. The molecule has 0 saturated heterocycles. The molecule has 3 N–H and O–H groups in total. The summed E-state index contributed by atoms with van der Waals surface area (Å²) in [6.45, 7) is 0. The number of nitro groups is 1. The molecule has 0 unspecified atom stereocenters. The fourth-order valence-corrected chi connectivity index (χ4v) is 1.37. The molecule has 0 fully saturated rings. The smallest absolute Gasteiger partial charge is 0.322 e. The van der Waals surface area contributed by atoms with E-state index in [0.717, 1.165) is 12.1 Å². The maximum absolute atomic E-state index is 13.6. The molecule has 0 saturated carbocycles. The lowest BCUT2D eigenvalue weighted by Gasteiger charge is -2.05. The highest BCUT2D eigenvalue weighted by molar-refractivity contribution is 5.95. The highest BCUT2D eigenvalue weighted by Gasteiger charge is 2.13. The molecule has 1 heterocycles. The van der Waals surface area contributed by atoms with Gasteiger partial charge in [-0.3, -0.25) is 10.1 Å². The molecule has 1 aromatic carbocycles. The minimum atomic E-state index is -0.943. The molecule has 0 aliphatic heterocycles. The van der Waals surface area contributed by atoms with Crippen LogP contribution in [-0.4, -0.2) is 25.9 Å². The SMILES string of the molecule is N/C(=N/O)c1ccnc(Oc2ccc([N+](=O)[O-])cc2F)n1. The summed E-state index contributed by atoms with van der Waals surface area (Å²) in [6.07, 6.45) is 1.26. The van der Waals surface area contributed by atoms with E-state index in [1.165, 1.54) is 12.3 Å². The van der Waals surface area contributed by atoms with E-state index >= 15 is 0 Å². The second-order valence-electron chi connectivity index (χ2n) is 3.68. The number of aromatic nitrogens is 2. The standard InChI is InChI=1S/C11H8FN5O4/c12-7-5-6(17(19)20)1-2-9(7)21-11-14-4-3-8(15-11)10(13)16-18/h1-5,18H,(H2,13,16). The zero-order valence-electron chi connectivity index (χ0n) is 10.3. The van der Waals surface area contributed by atoms with E-state index in [-0.39, 0.29) is 23.3 Å². The second kappa shape index (κ2) is 5.77. The average Bonchev–Trinajstić information content (AvgIpc) is 2.48. The number of oxime groups is 1. The lowest BCUT2D eigenvalue weighted by atomic mass is 10.3. The first kappa shape index (κ1) is 14.1. The van der Waals surface area contributed by atoms with Crippen LogP contribution in [0.3, 0.4) is 0 Å². The van der Waals surface area contributed by atoms with Gasteiger partial charge in [-0.15, -0.1) is 0 Å². The molecule has 0 aliphatic rings. The molecule has 0 atom stereocenters. The molecule has 2 aromatic rings. The number of amidine groups is 1. The summed E-state index contributed by atoms with van der Waals surface area (Å²) in [4.78, 5) is 17.3. The Hall–Kier alpha value is -3.30. The van der Waals surface area contributed by atoms with Crippen molar-refractivity contribution in [1.82, 2.24) is 9.97 Å². The van der Waals surface area contributed by atoms with Crippen molar-refractivity contribution in [2.45, 2.75) is 0 Å². The second-order valence-corrected chi connectivity index (χ2v) is 3.68. The number of nitro benzene ring substituents is 1. The third-order valence-corrected chi connectivity index (χ3v) is 2.33. The van der Waals surface area contributed by atoms with Crippen molar-refractivity contribution in [3.63, 3.8) is 0 Å². The van der Waals surface area contributed by atoms with Crippen LogP contribution in [0.5, 0.6) is 11.8 Å². The third kappa shape index (κ3) is 3.18. The fourth-order valence-electron chi connectivity index (χ4n) is 1.37. The number of halogens is 1. The number of hydrogen-bond donors (Lipinski definition) is 2. The molecular weight excluding hydrogens is 285 g/mol. The topological polar surface area (TPSA) is 137 Å². The first-order chi connectivity index (χ1) is 10.0. The molecule has 10 heteroatoms. The average molecular weight is 293 g/mol. The zero-order chi connectivity index (χ0) is 15.4. The monoisotopic (exact) mass is 293 g/mol. The van der Waals surface area contributed by atoms with Gasteiger partial charge in [0.2, 0.25) is 0 Å². The van der Waals surface area contributed by atoms with E-state index in [2.05, 4.69) is 15.1 Å². The van der Waals surface area contributed by atoms with Gasteiger partial charge in [-0.2, -0.15) is 4.98 Å². The van der Waals surface area contributed by atoms with Crippen molar-refractivity contribution >= 4 is 11.5 Å². The summed E-state index contributed by atoms with van der Waals surface area (Å²) in [5.74, 6) is -1.51. The largest absolute Gasteiger partial charge is 0.421 e. The predicted octanol–water partition coefficient (Wildman–Crippen LogP) is 1.41. The number of benzene rings is 1. The number of nitrogens with zero attached hydrogens (tertiary/aromatic N) is 4. The predicted molar refractivity (Wildman–Crippen MR) is 67.7 cm³/mol. The number of hydrogen-bond acceptors (Lipinski definition) is 7. The Morgan fingerprint density at radius 1 is 1.48 bits per heavy atom. The van der Waals surface area contributed by atoms with Crippen molar-refractivity contribution in [2.75, 3.05) is 0 Å². The lowest BCUT2D eigenvalue weighted by molar-refractivity contribution is -0.385.